The van der Waals surface area contributed by atoms with Crippen LogP contribution < -0.4 is 15.5 Å². The Kier molecular flexibility index (Phi) is 4.24. The summed E-state index contributed by atoms with van der Waals surface area (Å²) in [5.41, 5.74) is 0.543. The van der Waals surface area contributed by atoms with Crippen molar-refractivity contribution >= 4 is 29.1 Å². The average molecular weight is 371 g/mol. The Morgan fingerprint density at radius 3 is 2.74 bits per heavy atom. The molecule has 8 heteroatoms. The number of carbonyl (C=O) groups is 3. The number of anilines is 2. The summed E-state index contributed by atoms with van der Waals surface area (Å²) in [4.78, 5) is 38.4. The molecule has 4 rings (SSSR count). The Bertz CT molecular complexity index is 821. The molecule has 0 saturated carbocycles. The van der Waals surface area contributed by atoms with Gasteiger partial charge in [0, 0.05) is 24.8 Å². The fourth-order valence-electron chi connectivity index (χ4n) is 4.24. The monoisotopic (exact) mass is 371 g/mol. The van der Waals surface area contributed by atoms with Crippen molar-refractivity contribution < 1.29 is 24.2 Å². The van der Waals surface area contributed by atoms with Gasteiger partial charge in [0.25, 0.3) is 0 Å². The third-order valence-electron chi connectivity index (χ3n) is 5.31. The summed E-state index contributed by atoms with van der Waals surface area (Å²) in [6.45, 7) is 1.76. The van der Waals surface area contributed by atoms with Crippen LogP contribution in [0.25, 0.3) is 0 Å². The Labute approximate surface area is 156 Å². The smallest absolute Gasteiger partial charge is 0.234 e. The molecule has 1 spiro atoms. The molecular weight excluding hydrogens is 350 g/mol. The van der Waals surface area contributed by atoms with Crippen LogP contribution in [-0.4, -0.2) is 54.2 Å². The Morgan fingerprint density at radius 1 is 1.33 bits per heavy atom. The molecule has 0 radical (unpaired) electrons. The molecule has 27 heavy (non-hydrogen) atoms. The van der Waals surface area contributed by atoms with Gasteiger partial charge in [-0.05, 0) is 24.3 Å². The molecule has 3 amide bonds. The van der Waals surface area contributed by atoms with E-state index in [0.717, 1.165) is 0 Å². The number of ether oxygens (including phenoxy) is 1. The molecule has 1 aromatic rings. The lowest BCUT2D eigenvalue weighted by atomic mass is 9.77. The van der Waals surface area contributed by atoms with Crippen molar-refractivity contribution in [2.45, 2.75) is 18.6 Å². The molecule has 0 aromatic heterocycles. The van der Waals surface area contributed by atoms with Gasteiger partial charge in [-0.2, -0.15) is 0 Å². The molecule has 1 unspecified atom stereocenters. The molecule has 3 aliphatic heterocycles. The highest BCUT2D eigenvalue weighted by molar-refractivity contribution is 6.03. The van der Waals surface area contributed by atoms with E-state index in [2.05, 4.69) is 10.6 Å². The van der Waals surface area contributed by atoms with Crippen molar-refractivity contribution in [1.82, 2.24) is 5.32 Å². The summed E-state index contributed by atoms with van der Waals surface area (Å²) in [6, 6.07) is 6.99. The molecule has 2 bridgehead atoms. The minimum Gasteiger partial charge on any atom is -0.395 e. The first-order valence-electron chi connectivity index (χ1n) is 8.90. The molecule has 8 nitrogen and oxygen atoms in total. The predicted molar refractivity (Wildman–Crippen MR) is 96.9 cm³/mol. The number of hydrogen-bond donors (Lipinski definition) is 3. The standard InChI is InChI=1S/C19H21N3O5/c1-11(24)21-12-2-4-13(5-3-12)22-10-19-7-6-14(27-19)15(16(19)18(22)26)17(25)20-8-9-23/h2-7,14-16,23H,8-10H2,1H3,(H,20,25)(H,21,24)/t14-,15?,16+,19+/m0/s1. The van der Waals surface area contributed by atoms with E-state index in [0.29, 0.717) is 17.9 Å². The number of benzene rings is 1. The largest absolute Gasteiger partial charge is 0.395 e. The second-order valence-electron chi connectivity index (χ2n) is 7.07. The average Bonchev–Trinajstić information content (AvgIpc) is 3.28. The van der Waals surface area contributed by atoms with E-state index in [-0.39, 0.29) is 30.9 Å². The maximum Gasteiger partial charge on any atom is 0.234 e. The third-order valence-corrected chi connectivity index (χ3v) is 5.31. The van der Waals surface area contributed by atoms with Crippen molar-refractivity contribution in [1.29, 1.82) is 0 Å². The van der Waals surface area contributed by atoms with Crippen LogP contribution in [0.1, 0.15) is 6.92 Å². The summed E-state index contributed by atoms with van der Waals surface area (Å²) < 4.78 is 6.04. The van der Waals surface area contributed by atoms with E-state index in [4.69, 9.17) is 9.84 Å². The maximum absolute atomic E-state index is 13.1. The zero-order chi connectivity index (χ0) is 19.2. The minimum absolute atomic E-state index is 0.147. The van der Waals surface area contributed by atoms with Gasteiger partial charge in [0.1, 0.15) is 5.60 Å². The van der Waals surface area contributed by atoms with Crippen molar-refractivity contribution in [2.75, 3.05) is 29.9 Å². The van der Waals surface area contributed by atoms with Gasteiger partial charge in [-0.1, -0.05) is 12.2 Å². The normalized spacial score (nSPS) is 30.5. The number of amides is 3. The summed E-state index contributed by atoms with van der Waals surface area (Å²) in [5.74, 6) is -1.78. The fourth-order valence-corrected chi connectivity index (χ4v) is 4.24. The lowest BCUT2D eigenvalue weighted by Gasteiger charge is -2.23. The van der Waals surface area contributed by atoms with Gasteiger partial charge in [-0.25, -0.2) is 0 Å². The number of aliphatic hydroxyl groups is 1. The van der Waals surface area contributed by atoms with Gasteiger partial charge < -0.3 is 25.4 Å². The summed E-state index contributed by atoms with van der Waals surface area (Å²) >= 11 is 0. The predicted octanol–water partition coefficient (Wildman–Crippen LogP) is 0.0399. The van der Waals surface area contributed by atoms with E-state index in [1.165, 1.54) is 6.92 Å². The molecule has 3 aliphatic rings. The SMILES string of the molecule is CC(=O)Nc1ccc(N2C[C@@]34C=C[C@H](O3)C(C(=O)NCCO)[C@@H]4C2=O)cc1. The first kappa shape index (κ1) is 17.7. The molecule has 1 aromatic carbocycles. The molecular formula is C19H21N3O5. The fraction of sp³-hybridized carbons (Fsp3) is 0.421. The van der Waals surface area contributed by atoms with Crippen molar-refractivity contribution in [2.24, 2.45) is 11.8 Å². The molecule has 3 heterocycles. The highest BCUT2D eigenvalue weighted by Crippen LogP contribution is 2.52. The van der Waals surface area contributed by atoms with Crippen LogP contribution in [0, 0.1) is 11.8 Å². The van der Waals surface area contributed by atoms with Crippen molar-refractivity contribution in [3.05, 3.63) is 36.4 Å². The highest BCUT2D eigenvalue weighted by Gasteiger charge is 2.66. The quantitative estimate of drug-likeness (QED) is 0.634. The number of rotatable bonds is 5. The van der Waals surface area contributed by atoms with E-state index in [9.17, 15) is 14.4 Å². The first-order valence-corrected chi connectivity index (χ1v) is 8.90. The zero-order valence-corrected chi connectivity index (χ0v) is 14.8. The van der Waals surface area contributed by atoms with E-state index < -0.39 is 23.5 Å². The molecule has 142 valence electrons. The topological polar surface area (TPSA) is 108 Å². The first-order chi connectivity index (χ1) is 12.9. The van der Waals surface area contributed by atoms with Crippen molar-refractivity contribution in [3.63, 3.8) is 0 Å². The molecule has 2 fully saturated rings. The van der Waals surface area contributed by atoms with Gasteiger partial charge >= 0.3 is 0 Å². The summed E-state index contributed by atoms with van der Waals surface area (Å²) in [5, 5.41) is 14.3. The van der Waals surface area contributed by atoms with Crippen LogP contribution in [-0.2, 0) is 19.1 Å². The second-order valence-corrected chi connectivity index (χ2v) is 7.07. The van der Waals surface area contributed by atoms with Gasteiger partial charge in [0.15, 0.2) is 0 Å². The van der Waals surface area contributed by atoms with Gasteiger partial charge in [0.05, 0.1) is 31.1 Å². The minimum atomic E-state index is -0.792. The Hall–Kier alpha value is -2.71. The Morgan fingerprint density at radius 2 is 2.07 bits per heavy atom. The van der Waals surface area contributed by atoms with E-state index >= 15 is 0 Å². The lowest BCUT2D eigenvalue weighted by molar-refractivity contribution is -0.132. The number of nitrogens with zero attached hydrogens (tertiary/aromatic N) is 1. The summed E-state index contributed by atoms with van der Waals surface area (Å²) in [7, 11) is 0. The van der Waals surface area contributed by atoms with E-state index in [1.807, 2.05) is 12.2 Å². The van der Waals surface area contributed by atoms with Crippen molar-refractivity contribution in [3.8, 4) is 0 Å². The van der Waals surface area contributed by atoms with Gasteiger partial charge in [-0.3, -0.25) is 14.4 Å². The van der Waals surface area contributed by atoms with Crippen LogP contribution in [0.15, 0.2) is 36.4 Å². The highest BCUT2D eigenvalue weighted by atomic mass is 16.5. The Balaban J connectivity index is 1.57. The van der Waals surface area contributed by atoms with Crippen LogP contribution in [0.4, 0.5) is 11.4 Å². The number of aliphatic hydroxyl groups excluding tert-OH is 1. The lowest BCUT2D eigenvalue weighted by Crippen LogP contribution is -2.44. The number of nitrogens with one attached hydrogen (secondary N) is 2. The molecule has 0 aliphatic carbocycles. The number of carbonyl (C=O) groups excluding carboxylic acids is 3. The zero-order valence-electron chi connectivity index (χ0n) is 14.8. The van der Waals surface area contributed by atoms with Gasteiger partial charge in [0.2, 0.25) is 17.7 Å². The van der Waals surface area contributed by atoms with Crippen LogP contribution in [0.5, 0.6) is 0 Å². The van der Waals surface area contributed by atoms with Crippen LogP contribution in [0.2, 0.25) is 0 Å². The maximum atomic E-state index is 13.1. The third kappa shape index (κ3) is 2.81. The number of hydrogen-bond acceptors (Lipinski definition) is 5. The summed E-state index contributed by atoms with van der Waals surface area (Å²) in [6.07, 6.45) is 3.32. The second kappa shape index (κ2) is 6.47. The number of fused-ring (bicyclic) bond motifs is 1. The van der Waals surface area contributed by atoms with Crippen LogP contribution >= 0.6 is 0 Å². The van der Waals surface area contributed by atoms with E-state index in [1.54, 1.807) is 29.2 Å². The molecule has 3 N–H and O–H groups in total. The molecule has 2 saturated heterocycles. The van der Waals surface area contributed by atoms with Crippen LogP contribution in [0.3, 0.4) is 0 Å². The molecule has 4 atom stereocenters. The van der Waals surface area contributed by atoms with Gasteiger partial charge in [-0.15, -0.1) is 0 Å².